The highest BCUT2D eigenvalue weighted by atomic mass is 32.2. The number of ether oxygens (including phenoxy) is 4. The summed E-state index contributed by atoms with van der Waals surface area (Å²) in [5.74, 6) is 1.47. The molecule has 9 nitrogen and oxygen atoms in total. The van der Waals surface area contributed by atoms with Crippen LogP contribution in [0.25, 0.3) is 0 Å². The largest absolute Gasteiger partial charge is 0.497 e. The summed E-state index contributed by atoms with van der Waals surface area (Å²) in [6, 6.07) is 7.93. The first kappa shape index (κ1) is 20.2. The van der Waals surface area contributed by atoms with Gasteiger partial charge in [0.1, 0.15) is 22.5 Å². The summed E-state index contributed by atoms with van der Waals surface area (Å²) in [4.78, 5) is 0.0979. The fraction of sp³-hybridized carbons (Fsp3) is 0.444. The molecule has 28 heavy (non-hydrogen) atoms. The molecule has 1 atom stereocenters. The molecule has 0 amide bonds. The van der Waals surface area contributed by atoms with E-state index in [4.69, 9.17) is 18.9 Å². The Labute approximate surface area is 164 Å². The fourth-order valence-corrected chi connectivity index (χ4v) is 4.64. The zero-order valence-corrected chi connectivity index (χ0v) is 16.8. The Bertz CT molecular complexity index is 904. The van der Waals surface area contributed by atoms with Crippen molar-refractivity contribution in [3.63, 3.8) is 0 Å². The molecule has 0 saturated carbocycles. The first-order valence-electron chi connectivity index (χ1n) is 8.74. The van der Waals surface area contributed by atoms with E-state index in [0.29, 0.717) is 30.5 Å². The molecule has 1 fully saturated rings. The van der Waals surface area contributed by atoms with Gasteiger partial charge in [-0.3, -0.25) is 0 Å². The fourth-order valence-electron chi connectivity index (χ4n) is 3.00. The SMILES string of the molecule is COc1ccc(S(=O)(=O)N2CCCC(Oc3ccc(OC)nn3)C2)c(OC)c1. The zero-order valence-electron chi connectivity index (χ0n) is 16.0. The van der Waals surface area contributed by atoms with E-state index < -0.39 is 10.0 Å². The topological polar surface area (TPSA) is 100 Å². The molecule has 2 aromatic rings. The second-order valence-corrected chi connectivity index (χ2v) is 8.08. The highest BCUT2D eigenvalue weighted by molar-refractivity contribution is 7.89. The van der Waals surface area contributed by atoms with Crippen molar-refractivity contribution in [2.75, 3.05) is 34.4 Å². The number of aromatic nitrogens is 2. The second kappa shape index (κ2) is 8.61. The van der Waals surface area contributed by atoms with Gasteiger partial charge in [-0.15, -0.1) is 10.2 Å². The Balaban J connectivity index is 1.77. The summed E-state index contributed by atoms with van der Waals surface area (Å²) in [5.41, 5.74) is 0. The third kappa shape index (κ3) is 4.28. The highest BCUT2D eigenvalue weighted by Gasteiger charge is 2.33. The minimum atomic E-state index is -3.75. The van der Waals surface area contributed by atoms with Gasteiger partial charge >= 0.3 is 0 Å². The average Bonchev–Trinajstić information content (AvgIpc) is 2.74. The van der Waals surface area contributed by atoms with Crippen molar-refractivity contribution in [1.29, 1.82) is 0 Å². The number of piperidine rings is 1. The van der Waals surface area contributed by atoms with Gasteiger partial charge in [-0.25, -0.2) is 8.42 Å². The van der Waals surface area contributed by atoms with Gasteiger partial charge in [0.25, 0.3) is 0 Å². The highest BCUT2D eigenvalue weighted by Crippen LogP contribution is 2.32. The van der Waals surface area contributed by atoms with E-state index in [1.165, 1.54) is 31.7 Å². The predicted molar refractivity (Wildman–Crippen MR) is 101 cm³/mol. The van der Waals surface area contributed by atoms with E-state index in [2.05, 4.69) is 10.2 Å². The third-order valence-corrected chi connectivity index (χ3v) is 6.35. The molecule has 2 heterocycles. The lowest BCUT2D eigenvalue weighted by Gasteiger charge is -2.32. The molecule has 0 N–H and O–H groups in total. The molecule has 1 unspecified atom stereocenters. The van der Waals surface area contributed by atoms with Crippen molar-refractivity contribution in [3.8, 4) is 23.3 Å². The summed E-state index contributed by atoms with van der Waals surface area (Å²) in [6.45, 7) is 0.622. The van der Waals surface area contributed by atoms with Crippen LogP contribution in [0.1, 0.15) is 12.8 Å². The molecule has 0 bridgehead atoms. The molecule has 0 aliphatic carbocycles. The zero-order chi connectivity index (χ0) is 20.1. The quantitative estimate of drug-likeness (QED) is 0.682. The first-order chi connectivity index (χ1) is 13.5. The number of sulfonamides is 1. The normalized spacial score (nSPS) is 17.8. The lowest BCUT2D eigenvalue weighted by molar-refractivity contribution is 0.123. The van der Waals surface area contributed by atoms with E-state index in [-0.39, 0.29) is 23.3 Å². The van der Waals surface area contributed by atoms with E-state index >= 15 is 0 Å². The summed E-state index contributed by atoms with van der Waals surface area (Å²) in [5, 5.41) is 7.80. The van der Waals surface area contributed by atoms with Crippen molar-refractivity contribution < 1.29 is 27.4 Å². The van der Waals surface area contributed by atoms with E-state index in [9.17, 15) is 8.42 Å². The van der Waals surface area contributed by atoms with Gasteiger partial charge in [-0.1, -0.05) is 0 Å². The molecule has 1 aliphatic heterocycles. The van der Waals surface area contributed by atoms with Gasteiger partial charge in [0.05, 0.1) is 27.9 Å². The minimum absolute atomic E-state index is 0.0979. The Morgan fingerprint density at radius 1 is 1.00 bits per heavy atom. The van der Waals surface area contributed by atoms with Gasteiger partial charge in [0.2, 0.25) is 21.8 Å². The Morgan fingerprint density at radius 2 is 1.75 bits per heavy atom. The van der Waals surface area contributed by atoms with Crippen LogP contribution in [-0.2, 0) is 10.0 Å². The smallest absolute Gasteiger partial charge is 0.246 e. The van der Waals surface area contributed by atoms with Crippen molar-refractivity contribution >= 4 is 10.0 Å². The standard InChI is InChI=1S/C18H23N3O6S/c1-24-13-6-7-16(15(11-13)25-2)28(22,23)21-10-4-5-14(12-21)27-18-9-8-17(26-3)19-20-18/h6-9,11,14H,4-5,10,12H2,1-3H3. The molecule has 0 radical (unpaired) electrons. The Kier molecular flexibility index (Phi) is 6.20. The van der Waals surface area contributed by atoms with Crippen LogP contribution >= 0.6 is 0 Å². The molecular formula is C18H23N3O6S. The lowest BCUT2D eigenvalue weighted by atomic mass is 10.1. The number of hydrogen-bond acceptors (Lipinski definition) is 8. The van der Waals surface area contributed by atoms with Crippen molar-refractivity contribution in [2.45, 2.75) is 23.8 Å². The lowest BCUT2D eigenvalue weighted by Crippen LogP contribution is -2.44. The summed E-state index contributed by atoms with van der Waals surface area (Å²) in [7, 11) is 0.693. The van der Waals surface area contributed by atoms with Crippen LogP contribution in [0.3, 0.4) is 0 Å². The van der Waals surface area contributed by atoms with Crippen LogP contribution in [0.5, 0.6) is 23.3 Å². The number of hydrogen-bond donors (Lipinski definition) is 0. The molecule has 0 spiro atoms. The van der Waals surface area contributed by atoms with Crippen molar-refractivity contribution in [3.05, 3.63) is 30.3 Å². The number of methoxy groups -OCH3 is 3. The van der Waals surface area contributed by atoms with Gasteiger partial charge in [-0.2, -0.15) is 4.31 Å². The van der Waals surface area contributed by atoms with Crippen molar-refractivity contribution in [1.82, 2.24) is 14.5 Å². The molecule has 152 valence electrons. The van der Waals surface area contributed by atoms with Crippen LogP contribution in [0, 0.1) is 0 Å². The summed E-state index contributed by atoms with van der Waals surface area (Å²) >= 11 is 0. The van der Waals surface area contributed by atoms with Crippen molar-refractivity contribution in [2.24, 2.45) is 0 Å². The molecule has 1 aliphatic rings. The minimum Gasteiger partial charge on any atom is -0.497 e. The Hall–Kier alpha value is -2.59. The van der Waals surface area contributed by atoms with Gasteiger partial charge < -0.3 is 18.9 Å². The first-order valence-corrected chi connectivity index (χ1v) is 10.2. The molecule has 1 aromatic heterocycles. The van der Waals surface area contributed by atoms with Gasteiger partial charge in [-0.05, 0) is 25.0 Å². The van der Waals surface area contributed by atoms with E-state index in [1.807, 2.05) is 0 Å². The molecule has 1 aromatic carbocycles. The maximum Gasteiger partial charge on any atom is 0.246 e. The predicted octanol–water partition coefficient (Wildman–Crippen LogP) is 1.73. The molecular weight excluding hydrogens is 386 g/mol. The average molecular weight is 409 g/mol. The van der Waals surface area contributed by atoms with Crippen LogP contribution < -0.4 is 18.9 Å². The third-order valence-electron chi connectivity index (χ3n) is 4.44. The number of benzene rings is 1. The monoisotopic (exact) mass is 409 g/mol. The second-order valence-electron chi connectivity index (χ2n) is 6.18. The molecule has 1 saturated heterocycles. The van der Waals surface area contributed by atoms with Crippen LogP contribution in [0.4, 0.5) is 0 Å². The molecule has 3 rings (SSSR count). The van der Waals surface area contributed by atoms with Crippen LogP contribution in [-0.4, -0.2) is 63.4 Å². The summed E-state index contributed by atoms with van der Waals surface area (Å²) in [6.07, 6.45) is 1.07. The number of rotatable bonds is 7. The molecule has 10 heteroatoms. The van der Waals surface area contributed by atoms with Crippen LogP contribution in [0.15, 0.2) is 35.2 Å². The number of nitrogens with zero attached hydrogens (tertiary/aromatic N) is 3. The van der Waals surface area contributed by atoms with E-state index in [1.54, 1.807) is 24.3 Å². The van der Waals surface area contributed by atoms with E-state index in [0.717, 1.165) is 6.42 Å². The van der Waals surface area contributed by atoms with Crippen LogP contribution in [0.2, 0.25) is 0 Å². The Morgan fingerprint density at radius 3 is 2.39 bits per heavy atom. The maximum absolute atomic E-state index is 13.2. The van der Waals surface area contributed by atoms with Gasteiger partial charge in [0, 0.05) is 24.7 Å². The van der Waals surface area contributed by atoms with Gasteiger partial charge in [0.15, 0.2) is 0 Å². The summed E-state index contributed by atoms with van der Waals surface area (Å²) < 4.78 is 48.9. The maximum atomic E-state index is 13.2.